The molecule has 0 rings (SSSR count). The number of unbranched alkanes of at least 4 members (excludes halogenated alkanes) is 19. The molecule has 1 unspecified atom stereocenters. The van der Waals surface area contributed by atoms with E-state index in [-0.39, 0.29) is 0 Å². The molecule has 0 fully saturated rings. The molecule has 0 amide bonds. The van der Waals surface area contributed by atoms with Gasteiger partial charge in [-0.05, 0) is 0 Å². The van der Waals surface area contributed by atoms with Crippen LogP contribution in [0.5, 0.6) is 0 Å². The average molecular weight is 684 g/mol. The standard InChI is InChI=1S/2C12H25O.C4H9.O.2Sn.3H/c2*1-2-3-4-5-6-7-8-9-10-11-12-13;1-3-4-2;;;;;;/h2*2-12H2,1H3;1,3-4H2,2H3;;;;;;/q2*-1;;;2*+1;;;. The zero-order valence-electron chi connectivity index (χ0n) is 23.2. The van der Waals surface area contributed by atoms with Gasteiger partial charge in [-0.25, -0.2) is 0 Å². The van der Waals surface area contributed by atoms with E-state index in [4.69, 9.17) is 7.56 Å². The van der Waals surface area contributed by atoms with Gasteiger partial charge >= 0.3 is 216 Å². The normalized spacial score (nSPS) is 12.8. The summed E-state index contributed by atoms with van der Waals surface area (Å²) < 4.78 is 19.8. The maximum absolute atomic E-state index is 6.30. The quantitative estimate of drug-likeness (QED) is 0.0582. The van der Waals surface area contributed by atoms with Gasteiger partial charge in [0.2, 0.25) is 0 Å². The van der Waals surface area contributed by atoms with Gasteiger partial charge in [0.25, 0.3) is 0 Å². The van der Waals surface area contributed by atoms with Crippen molar-refractivity contribution in [2.75, 3.05) is 13.2 Å². The number of rotatable bonds is 29. The Morgan fingerprint density at radius 2 is 0.848 bits per heavy atom. The Kier molecular flexibility index (Phi) is 32.9. The van der Waals surface area contributed by atoms with E-state index in [1.165, 1.54) is 146 Å². The molecule has 3 nitrogen and oxygen atoms in total. The summed E-state index contributed by atoms with van der Waals surface area (Å²) in [5.74, 6) is 0. The van der Waals surface area contributed by atoms with E-state index in [2.05, 4.69) is 20.8 Å². The van der Waals surface area contributed by atoms with Crippen LogP contribution in [0.2, 0.25) is 4.44 Å². The molecule has 33 heavy (non-hydrogen) atoms. The molecule has 0 N–H and O–H groups in total. The predicted molar refractivity (Wildman–Crippen MR) is 152 cm³/mol. The summed E-state index contributed by atoms with van der Waals surface area (Å²) >= 11 is -3.67. The summed E-state index contributed by atoms with van der Waals surface area (Å²) in [6.07, 6.45) is 30.3. The van der Waals surface area contributed by atoms with Gasteiger partial charge in [0.05, 0.1) is 0 Å². The average Bonchev–Trinajstić information content (AvgIpc) is 2.83. The molecule has 0 bridgehead atoms. The molecular weight excluding hydrogens is 622 g/mol. The van der Waals surface area contributed by atoms with Crippen molar-refractivity contribution in [3.8, 4) is 0 Å². The Morgan fingerprint density at radius 3 is 1.30 bits per heavy atom. The Morgan fingerprint density at radius 1 is 0.455 bits per heavy atom. The zero-order valence-corrected chi connectivity index (χ0v) is 30.5. The molecule has 0 aliphatic heterocycles. The molecule has 0 spiro atoms. The second-order valence-corrected chi connectivity index (χ2v) is 24.2. The van der Waals surface area contributed by atoms with E-state index in [9.17, 15) is 0 Å². The molecule has 0 aliphatic rings. The summed E-state index contributed by atoms with van der Waals surface area (Å²) in [6.45, 7) is 8.75. The van der Waals surface area contributed by atoms with E-state index >= 15 is 0 Å². The molecular formula is C28H62O3Sn2. The van der Waals surface area contributed by atoms with Crippen LogP contribution in [0.15, 0.2) is 0 Å². The van der Waals surface area contributed by atoms with Crippen LogP contribution in [-0.2, 0) is 7.56 Å². The first kappa shape index (κ1) is 34.5. The van der Waals surface area contributed by atoms with Crippen LogP contribution in [0.1, 0.15) is 162 Å². The minimum Gasteiger partial charge on any atom is -0.0654 e. The first-order valence-electron chi connectivity index (χ1n) is 15.2. The molecule has 0 aliphatic carbocycles. The van der Waals surface area contributed by atoms with Crippen molar-refractivity contribution in [1.82, 2.24) is 0 Å². The fourth-order valence-electron chi connectivity index (χ4n) is 4.26. The molecule has 0 saturated carbocycles. The number of hydrogen-bond acceptors (Lipinski definition) is 3. The van der Waals surface area contributed by atoms with Crippen LogP contribution >= 0.6 is 0 Å². The van der Waals surface area contributed by atoms with Gasteiger partial charge in [0, 0.05) is 0 Å². The van der Waals surface area contributed by atoms with Crippen molar-refractivity contribution in [3.63, 3.8) is 0 Å². The molecule has 1 atom stereocenters. The summed E-state index contributed by atoms with van der Waals surface area (Å²) in [5.41, 5.74) is 0. The molecule has 0 aromatic rings. The van der Waals surface area contributed by atoms with Crippen molar-refractivity contribution in [1.29, 1.82) is 0 Å². The minimum atomic E-state index is -2.20. The fourth-order valence-corrected chi connectivity index (χ4v) is 20.2. The van der Waals surface area contributed by atoms with Crippen LogP contribution in [0, 0.1) is 0 Å². The molecule has 200 valence electrons. The van der Waals surface area contributed by atoms with Crippen molar-refractivity contribution < 1.29 is 7.56 Å². The van der Waals surface area contributed by atoms with Gasteiger partial charge in [0.15, 0.2) is 0 Å². The third kappa shape index (κ3) is 29.6. The molecule has 0 heterocycles. The molecule has 0 aromatic carbocycles. The third-order valence-electron chi connectivity index (χ3n) is 6.57. The summed E-state index contributed by atoms with van der Waals surface area (Å²) in [5, 5.41) is 0. The molecule has 0 aromatic heterocycles. The minimum absolute atomic E-state index is 0.942. The Bertz CT molecular complexity index is 345. The smallest absolute Gasteiger partial charge is 0.0654 e. The second kappa shape index (κ2) is 31.5. The Labute approximate surface area is 228 Å². The van der Waals surface area contributed by atoms with E-state index in [1.54, 1.807) is 0 Å². The van der Waals surface area contributed by atoms with Crippen molar-refractivity contribution in [2.45, 2.75) is 166 Å². The molecule has 0 radical (unpaired) electrons. The van der Waals surface area contributed by atoms with Gasteiger partial charge in [-0.2, -0.15) is 0 Å². The molecule has 0 saturated heterocycles. The first-order valence-corrected chi connectivity index (χ1v) is 23.5. The zero-order chi connectivity index (χ0) is 24.1. The topological polar surface area (TPSA) is 27.7 Å². The van der Waals surface area contributed by atoms with Gasteiger partial charge in [0.1, 0.15) is 0 Å². The van der Waals surface area contributed by atoms with Crippen LogP contribution in [0.25, 0.3) is 0 Å². The van der Waals surface area contributed by atoms with Crippen LogP contribution in [0.3, 0.4) is 0 Å². The Balaban J connectivity index is 3.49. The van der Waals surface area contributed by atoms with E-state index in [0.717, 1.165) is 13.2 Å². The van der Waals surface area contributed by atoms with Crippen molar-refractivity contribution in [2.24, 2.45) is 0 Å². The van der Waals surface area contributed by atoms with Crippen molar-refractivity contribution >= 4 is 42.6 Å². The van der Waals surface area contributed by atoms with Crippen LogP contribution < -0.4 is 0 Å². The fraction of sp³-hybridized carbons (Fsp3) is 1.00. The van der Waals surface area contributed by atoms with Gasteiger partial charge < -0.3 is 0 Å². The van der Waals surface area contributed by atoms with E-state index < -0.39 is 42.6 Å². The van der Waals surface area contributed by atoms with E-state index in [1.807, 2.05) is 0 Å². The predicted octanol–water partition coefficient (Wildman–Crippen LogP) is 8.90. The SMILES string of the molecule is CCCCCCCCCCCC[O][SnH2][O][SnH]([CH2]CCC)[O]CCCCCCCCCCCC. The summed E-state index contributed by atoms with van der Waals surface area (Å²) in [6, 6.07) is 0. The summed E-state index contributed by atoms with van der Waals surface area (Å²) in [7, 11) is 0. The van der Waals surface area contributed by atoms with Gasteiger partial charge in [-0.3, -0.25) is 0 Å². The van der Waals surface area contributed by atoms with Crippen LogP contribution in [-0.4, -0.2) is 55.8 Å². The van der Waals surface area contributed by atoms with Gasteiger partial charge in [-0.15, -0.1) is 0 Å². The molecule has 5 heteroatoms. The monoisotopic (exact) mass is 686 g/mol. The Hall–Kier alpha value is 1.48. The van der Waals surface area contributed by atoms with E-state index in [0.29, 0.717) is 0 Å². The number of hydrogen-bond donors (Lipinski definition) is 0. The van der Waals surface area contributed by atoms with Crippen LogP contribution in [0.4, 0.5) is 0 Å². The maximum atomic E-state index is 6.30. The third-order valence-corrected chi connectivity index (χ3v) is 23.3. The van der Waals surface area contributed by atoms with Crippen molar-refractivity contribution in [3.05, 3.63) is 0 Å². The van der Waals surface area contributed by atoms with Gasteiger partial charge in [-0.1, -0.05) is 13.8 Å². The summed E-state index contributed by atoms with van der Waals surface area (Å²) in [4.78, 5) is 0. The first-order chi connectivity index (χ1) is 16.3. The second-order valence-electron chi connectivity index (χ2n) is 10.00.